The van der Waals surface area contributed by atoms with Gasteiger partial charge in [0.1, 0.15) is 24.1 Å². The number of hydrogen-bond donors (Lipinski definition) is 2. The fourth-order valence-electron chi connectivity index (χ4n) is 5.16. The Morgan fingerprint density at radius 3 is 2.64 bits per heavy atom. The number of carboxylic acid groups (broad SMARTS) is 1. The zero-order valence-corrected chi connectivity index (χ0v) is 23.1. The van der Waals surface area contributed by atoms with Crippen molar-refractivity contribution in [1.82, 2.24) is 24.4 Å². The van der Waals surface area contributed by atoms with Crippen LogP contribution in [0.5, 0.6) is 5.75 Å². The number of imidazole rings is 1. The first-order valence-corrected chi connectivity index (χ1v) is 14.0. The average molecular weight is 582 g/mol. The molecule has 4 aromatic rings. The number of carboxylic acids is 1. The lowest BCUT2D eigenvalue weighted by Crippen LogP contribution is -2.31. The first kappa shape index (κ1) is 29.3. The Kier molecular flexibility index (Phi) is 9.55. The third kappa shape index (κ3) is 7.56. The van der Waals surface area contributed by atoms with E-state index in [1.807, 2.05) is 6.07 Å². The topological polar surface area (TPSA) is 123 Å². The molecule has 2 aliphatic heterocycles. The monoisotopic (exact) mass is 581 g/mol. The molecule has 4 heterocycles. The molecule has 12 heteroatoms. The molecule has 2 aromatic carbocycles. The fourth-order valence-corrected chi connectivity index (χ4v) is 5.16. The highest BCUT2D eigenvalue weighted by Gasteiger charge is 2.22. The highest BCUT2D eigenvalue weighted by atomic mass is 19.1. The largest absolute Gasteiger partial charge is 0.483 e. The number of rotatable bonds is 8. The van der Waals surface area contributed by atoms with Crippen LogP contribution in [0.25, 0.3) is 11.0 Å². The van der Waals surface area contributed by atoms with Gasteiger partial charge in [0.05, 0.1) is 35.8 Å². The molecular formula is C30H33F2N5O5. The van der Waals surface area contributed by atoms with Crippen molar-refractivity contribution >= 4 is 17.0 Å². The van der Waals surface area contributed by atoms with Gasteiger partial charge in [-0.25, -0.2) is 23.5 Å². The normalized spacial score (nSPS) is 17.1. The van der Waals surface area contributed by atoms with Gasteiger partial charge in [0.2, 0.25) is 0 Å². The van der Waals surface area contributed by atoms with Crippen LogP contribution < -0.4 is 10.3 Å². The Bertz CT molecular complexity index is 1580. The van der Waals surface area contributed by atoms with E-state index in [4.69, 9.17) is 14.5 Å². The summed E-state index contributed by atoms with van der Waals surface area (Å²) in [5, 5.41) is 9.32. The minimum Gasteiger partial charge on any atom is -0.483 e. The molecule has 1 unspecified atom stereocenters. The minimum atomic E-state index is -0.899. The highest BCUT2D eigenvalue weighted by molar-refractivity contribution is 5.92. The predicted molar refractivity (Wildman–Crippen MR) is 150 cm³/mol. The number of H-pyrrole nitrogens is 1. The Morgan fingerprint density at radius 2 is 1.93 bits per heavy atom. The number of halogens is 2. The zero-order chi connectivity index (χ0) is 29.5. The van der Waals surface area contributed by atoms with Crippen molar-refractivity contribution in [3.63, 3.8) is 0 Å². The van der Waals surface area contributed by atoms with E-state index in [-0.39, 0.29) is 29.8 Å². The lowest BCUT2D eigenvalue weighted by molar-refractivity contribution is 0.0697. The van der Waals surface area contributed by atoms with E-state index in [1.54, 1.807) is 12.1 Å². The third-order valence-electron chi connectivity index (χ3n) is 7.28. The van der Waals surface area contributed by atoms with Crippen LogP contribution in [-0.2, 0) is 24.4 Å². The van der Waals surface area contributed by atoms with Gasteiger partial charge >= 0.3 is 5.97 Å². The number of nitrogens with one attached hydrogen (secondary N) is 1. The first-order chi connectivity index (χ1) is 20.4. The van der Waals surface area contributed by atoms with Crippen molar-refractivity contribution in [2.45, 2.75) is 57.9 Å². The quantitative estimate of drug-likeness (QED) is 0.311. The molecule has 0 radical (unpaired) electrons. The Morgan fingerprint density at radius 1 is 1.10 bits per heavy atom. The zero-order valence-electron chi connectivity index (χ0n) is 23.1. The minimum absolute atomic E-state index is 0.0986. The number of hydrogen-bond acceptors (Lipinski definition) is 7. The summed E-state index contributed by atoms with van der Waals surface area (Å²) in [6.45, 7) is 4.53. The van der Waals surface area contributed by atoms with Crippen LogP contribution >= 0.6 is 0 Å². The molecule has 222 valence electrons. The van der Waals surface area contributed by atoms with Crippen LogP contribution in [0, 0.1) is 11.6 Å². The first-order valence-electron chi connectivity index (χ1n) is 14.0. The molecular weight excluding hydrogens is 548 g/mol. The molecule has 10 nitrogen and oxygen atoms in total. The standard InChI is InChI=1S/C19H25N3O3.C11H8F2N2O2/c23-19(24)14-6-7-16-17(11-14)22(12-15-5-4-10-25-15)18(20-16)13-21-8-2-1-3-9-21;12-7-1-2-9(8(13)5-7)17-6-10-14-4-3-11(16)15-10/h6-7,11,15H,1-5,8-10,12-13H2,(H,23,24);1-5H,6H2,(H,14,15,16). The van der Waals surface area contributed by atoms with Gasteiger partial charge in [-0.2, -0.15) is 0 Å². The maximum atomic E-state index is 13.2. The van der Waals surface area contributed by atoms with E-state index in [0.29, 0.717) is 5.56 Å². The molecule has 2 aliphatic rings. The number of aromatic amines is 1. The molecule has 42 heavy (non-hydrogen) atoms. The SMILES string of the molecule is O=C(O)c1ccc2nc(CN3CCCCC3)n(CC3CCCO3)c2c1.O=c1ccnc(COc2ccc(F)cc2F)[nH]1. The average Bonchev–Trinajstić information content (AvgIpc) is 3.61. The van der Waals surface area contributed by atoms with E-state index >= 15 is 0 Å². The van der Waals surface area contributed by atoms with Crippen molar-refractivity contribution in [3.8, 4) is 5.75 Å². The summed E-state index contributed by atoms with van der Waals surface area (Å²) >= 11 is 0. The van der Waals surface area contributed by atoms with Crippen LogP contribution in [0.2, 0.25) is 0 Å². The maximum absolute atomic E-state index is 13.2. The summed E-state index contributed by atoms with van der Waals surface area (Å²) in [6, 6.07) is 9.44. The van der Waals surface area contributed by atoms with Gasteiger partial charge < -0.3 is 24.1 Å². The second-order valence-corrected chi connectivity index (χ2v) is 10.4. The van der Waals surface area contributed by atoms with Gasteiger partial charge in [-0.1, -0.05) is 6.42 Å². The molecule has 6 rings (SSSR count). The van der Waals surface area contributed by atoms with Crippen LogP contribution in [0.1, 0.15) is 54.1 Å². The second-order valence-electron chi connectivity index (χ2n) is 10.4. The van der Waals surface area contributed by atoms with E-state index in [9.17, 15) is 23.5 Å². The molecule has 2 N–H and O–H groups in total. The van der Waals surface area contributed by atoms with Crippen molar-refractivity contribution in [2.75, 3.05) is 19.7 Å². The molecule has 0 spiro atoms. The lowest BCUT2D eigenvalue weighted by atomic mass is 10.1. The molecule has 0 amide bonds. The number of carbonyl (C=O) groups is 1. The molecule has 1 atom stereocenters. The number of likely N-dealkylation sites (tertiary alicyclic amines) is 1. The van der Waals surface area contributed by atoms with Crippen molar-refractivity contribution in [2.24, 2.45) is 0 Å². The molecule has 2 saturated heterocycles. The number of nitrogens with zero attached hydrogens (tertiary/aromatic N) is 4. The van der Waals surface area contributed by atoms with Crippen molar-refractivity contribution < 1.29 is 28.2 Å². The Balaban J connectivity index is 0.000000181. The summed E-state index contributed by atoms with van der Waals surface area (Å²) in [7, 11) is 0. The lowest BCUT2D eigenvalue weighted by Gasteiger charge is -2.26. The van der Waals surface area contributed by atoms with Gasteiger partial charge in [-0.3, -0.25) is 9.69 Å². The smallest absolute Gasteiger partial charge is 0.335 e. The van der Waals surface area contributed by atoms with Crippen molar-refractivity contribution in [1.29, 1.82) is 0 Å². The molecule has 0 saturated carbocycles. The maximum Gasteiger partial charge on any atom is 0.335 e. The second kappa shape index (κ2) is 13.7. The number of fused-ring (bicyclic) bond motifs is 1. The summed E-state index contributed by atoms with van der Waals surface area (Å²) in [5.41, 5.74) is 1.76. The van der Waals surface area contributed by atoms with E-state index in [2.05, 4.69) is 19.4 Å². The Hall–Kier alpha value is -4.16. The van der Waals surface area contributed by atoms with E-state index < -0.39 is 17.6 Å². The summed E-state index contributed by atoms with van der Waals surface area (Å²) in [6.07, 6.45) is 7.47. The van der Waals surface area contributed by atoms with Gasteiger partial charge in [0, 0.05) is 24.9 Å². The predicted octanol–water partition coefficient (Wildman–Crippen LogP) is 4.53. The van der Waals surface area contributed by atoms with Crippen LogP contribution in [-0.4, -0.2) is 61.3 Å². The number of piperidine rings is 1. The van der Waals surface area contributed by atoms with Gasteiger partial charge in [0.15, 0.2) is 11.6 Å². The third-order valence-corrected chi connectivity index (χ3v) is 7.28. The molecule has 2 fully saturated rings. The number of benzene rings is 2. The number of aromatic nitrogens is 4. The highest BCUT2D eigenvalue weighted by Crippen LogP contribution is 2.24. The Labute approximate surface area is 240 Å². The van der Waals surface area contributed by atoms with E-state index in [1.165, 1.54) is 37.6 Å². The van der Waals surface area contributed by atoms with Crippen LogP contribution in [0.4, 0.5) is 8.78 Å². The van der Waals surface area contributed by atoms with Gasteiger partial charge in [0.25, 0.3) is 5.56 Å². The van der Waals surface area contributed by atoms with Crippen molar-refractivity contribution in [3.05, 3.63) is 87.9 Å². The van der Waals surface area contributed by atoms with Gasteiger partial charge in [-0.15, -0.1) is 0 Å². The van der Waals surface area contributed by atoms with Crippen LogP contribution in [0.15, 0.2) is 53.5 Å². The number of aromatic carboxylic acids is 1. The summed E-state index contributed by atoms with van der Waals surface area (Å²) in [5.74, 6) is -1.19. The van der Waals surface area contributed by atoms with E-state index in [0.717, 1.165) is 74.6 Å². The van der Waals surface area contributed by atoms with Crippen LogP contribution in [0.3, 0.4) is 0 Å². The molecule has 2 aromatic heterocycles. The fraction of sp³-hybridized carbons (Fsp3) is 0.400. The number of ether oxygens (including phenoxy) is 2. The summed E-state index contributed by atoms with van der Waals surface area (Å²) < 4.78 is 38.8. The van der Waals surface area contributed by atoms with Gasteiger partial charge in [-0.05, 0) is 69.1 Å². The summed E-state index contributed by atoms with van der Waals surface area (Å²) in [4.78, 5) is 35.8. The molecule has 0 bridgehead atoms. The molecule has 0 aliphatic carbocycles.